The van der Waals surface area contributed by atoms with E-state index in [0.29, 0.717) is 6.04 Å². The molecule has 6 nitrogen and oxygen atoms in total. The van der Waals surface area contributed by atoms with Crippen LogP contribution < -0.4 is 0 Å². The van der Waals surface area contributed by atoms with Gasteiger partial charge in [-0.2, -0.15) is 15.0 Å². The quantitative estimate of drug-likeness (QED) is 0.745. The number of nitrogens with zero attached hydrogens (tertiary/aromatic N) is 5. The molecule has 2 aromatic heterocycles. The van der Waals surface area contributed by atoms with Crippen molar-refractivity contribution >= 4 is 5.91 Å². The number of amides is 1. The molecule has 1 amide bonds. The monoisotopic (exact) mass is 321 g/mol. The second-order valence-corrected chi connectivity index (χ2v) is 6.01. The second-order valence-electron chi connectivity index (χ2n) is 6.01. The van der Waals surface area contributed by atoms with Gasteiger partial charge in [-0.05, 0) is 49.2 Å². The Hall–Kier alpha value is -2.89. The third-order valence-electron chi connectivity index (χ3n) is 4.53. The molecule has 1 aliphatic heterocycles. The second kappa shape index (κ2) is 6.31. The molecule has 6 heteroatoms. The molecule has 4 rings (SSSR count). The lowest BCUT2D eigenvalue weighted by atomic mass is 10.0. The highest BCUT2D eigenvalue weighted by molar-refractivity contribution is 5.94. The van der Waals surface area contributed by atoms with Gasteiger partial charge in [0.2, 0.25) is 0 Å². The fourth-order valence-electron chi connectivity index (χ4n) is 3.18. The van der Waals surface area contributed by atoms with E-state index in [1.807, 2.05) is 58.3 Å². The molecule has 1 fully saturated rings. The van der Waals surface area contributed by atoms with Crippen LogP contribution in [0.15, 0.2) is 61.2 Å². The number of carbonyl (C=O) groups excluding carboxylic acids is 1. The average molecular weight is 321 g/mol. The molecule has 0 saturated carbocycles. The maximum atomic E-state index is 12.7. The number of benzene rings is 1. The van der Waals surface area contributed by atoms with E-state index in [9.17, 15) is 4.79 Å². The Kier molecular flexibility index (Phi) is 3.86. The normalized spacial score (nSPS) is 15.6. The van der Waals surface area contributed by atoms with Crippen molar-refractivity contribution in [2.75, 3.05) is 13.1 Å². The summed E-state index contributed by atoms with van der Waals surface area (Å²) in [5.74, 6) is 0.0981. The summed E-state index contributed by atoms with van der Waals surface area (Å²) in [5, 5.41) is 8.40. The minimum Gasteiger partial charge on any atom is -0.338 e. The zero-order valence-corrected chi connectivity index (χ0v) is 13.3. The number of likely N-dealkylation sites (tertiary alicyclic amines) is 1. The van der Waals surface area contributed by atoms with Gasteiger partial charge in [-0.25, -0.2) is 0 Å². The smallest absolute Gasteiger partial charge is 0.253 e. The zero-order chi connectivity index (χ0) is 16.4. The maximum absolute atomic E-state index is 12.7. The molecule has 0 bridgehead atoms. The Bertz CT molecular complexity index is 785. The SMILES string of the molecule is O=C(c1ccc(-n2cccc2)cc1)N1CCC(n2nccn2)CC1. The van der Waals surface area contributed by atoms with Crippen LogP contribution in [0.1, 0.15) is 29.2 Å². The van der Waals surface area contributed by atoms with Crippen molar-refractivity contribution in [3.63, 3.8) is 0 Å². The van der Waals surface area contributed by atoms with E-state index in [2.05, 4.69) is 10.2 Å². The molecule has 0 radical (unpaired) electrons. The first-order chi connectivity index (χ1) is 11.8. The van der Waals surface area contributed by atoms with E-state index >= 15 is 0 Å². The van der Waals surface area contributed by atoms with Crippen molar-refractivity contribution in [2.24, 2.45) is 0 Å². The summed E-state index contributed by atoms with van der Waals surface area (Å²) >= 11 is 0. The molecule has 0 N–H and O–H groups in total. The van der Waals surface area contributed by atoms with Crippen molar-refractivity contribution < 1.29 is 4.79 Å². The van der Waals surface area contributed by atoms with Crippen LogP contribution in [0.5, 0.6) is 0 Å². The van der Waals surface area contributed by atoms with Crippen LogP contribution in [-0.4, -0.2) is 43.5 Å². The van der Waals surface area contributed by atoms with Crippen molar-refractivity contribution in [2.45, 2.75) is 18.9 Å². The van der Waals surface area contributed by atoms with Crippen LogP contribution in [-0.2, 0) is 0 Å². The number of carbonyl (C=O) groups is 1. The number of aromatic nitrogens is 4. The Morgan fingerprint density at radius 3 is 2.21 bits per heavy atom. The molecule has 1 saturated heterocycles. The first-order valence-electron chi connectivity index (χ1n) is 8.20. The van der Waals surface area contributed by atoms with Gasteiger partial charge < -0.3 is 9.47 Å². The van der Waals surface area contributed by atoms with Gasteiger partial charge in [0.1, 0.15) is 0 Å². The zero-order valence-electron chi connectivity index (χ0n) is 13.3. The fraction of sp³-hybridized carbons (Fsp3) is 0.278. The van der Waals surface area contributed by atoms with Crippen molar-refractivity contribution in [3.8, 4) is 5.69 Å². The van der Waals surface area contributed by atoms with Crippen LogP contribution in [0.4, 0.5) is 0 Å². The van der Waals surface area contributed by atoms with Gasteiger partial charge in [0.15, 0.2) is 0 Å². The summed E-state index contributed by atoms with van der Waals surface area (Å²) in [5.41, 5.74) is 1.79. The van der Waals surface area contributed by atoms with Gasteiger partial charge in [0, 0.05) is 36.7 Å². The first kappa shape index (κ1) is 14.7. The minimum atomic E-state index is 0.0981. The molecule has 1 aliphatic rings. The Balaban J connectivity index is 1.41. The van der Waals surface area contributed by atoms with E-state index in [4.69, 9.17) is 0 Å². The number of piperidine rings is 1. The molecule has 0 spiro atoms. The summed E-state index contributed by atoms with van der Waals surface area (Å²) in [6.45, 7) is 1.48. The van der Waals surface area contributed by atoms with Crippen molar-refractivity contribution in [1.82, 2.24) is 24.5 Å². The Labute approximate surface area is 140 Å². The number of hydrogen-bond donors (Lipinski definition) is 0. The van der Waals surface area contributed by atoms with Crippen LogP contribution in [0.3, 0.4) is 0 Å². The van der Waals surface area contributed by atoms with Gasteiger partial charge >= 0.3 is 0 Å². The van der Waals surface area contributed by atoms with Crippen LogP contribution in [0.2, 0.25) is 0 Å². The highest BCUT2D eigenvalue weighted by Crippen LogP contribution is 2.22. The van der Waals surface area contributed by atoms with E-state index in [-0.39, 0.29) is 5.91 Å². The van der Waals surface area contributed by atoms with Crippen molar-refractivity contribution in [3.05, 3.63) is 66.7 Å². The highest BCUT2D eigenvalue weighted by atomic mass is 16.2. The lowest BCUT2D eigenvalue weighted by Gasteiger charge is -2.31. The number of rotatable bonds is 3. The highest BCUT2D eigenvalue weighted by Gasteiger charge is 2.25. The van der Waals surface area contributed by atoms with E-state index in [1.54, 1.807) is 17.2 Å². The summed E-state index contributed by atoms with van der Waals surface area (Å²) in [7, 11) is 0. The van der Waals surface area contributed by atoms with Crippen LogP contribution in [0, 0.1) is 0 Å². The molecule has 0 aliphatic carbocycles. The molecule has 1 aromatic carbocycles. The molecular formula is C18H19N5O. The first-order valence-corrected chi connectivity index (χ1v) is 8.20. The topological polar surface area (TPSA) is 56.0 Å². The van der Waals surface area contributed by atoms with E-state index < -0.39 is 0 Å². The molecule has 122 valence electrons. The third-order valence-corrected chi connectivity index (χ3v) is 4.53. The van der Waals surface area contributed by atoms with Gasteiger partial charge in [-0.3, -0.25) is 4.79 Å². The molecule has 0 unspecified atom stereocenters. The molecule has 3 aromatic rings. The average Bonchev–Trinajstić information content (AvgIpc) is 3.35. The molecule has 0 atom stereocenters. The van der Waals surface area contributed by atoms with Crippen LogP contribution >= 0.6 is 0 Å². The Morgan fingerprint density at radius 2 is 1.58 bits per heavy atom. The van der Waals surface area contributed by atoms with E-state index in [1.165, 1.54) is 0 Å². The van der Waals surface area contributed by atoms with Gasteiger partial charge in [0.05, 0.1) is 18.4 Å². The molecule has 3 heterocycles. The third kappa shape index (κ3) is 2.82. The lowest BCUT2D eigenvalue weighted by molar-refractivity contribution is 0.0684. The molecule has 24 heavy (non-hydrogen) atoms. The lowest BCUT2D eigenvalue weighted by Crippen LogP contribution is -2.39. The van der Waals surface area contributed by atoms with Crippen molar-refractivity contribution in [1.29, 1.82) is 0 Å². The van der Waals surface area contributed by atoms with Crippen LogP contribution in [0.25, 0.3) is 5.69 Å². The predicted molar refractivity (Wildman–Crippen MR) is 90.0 cm³/mol. The van der Waals surface area contributed by atoms with E-state index in [0.717, 1.165) is 37.2 Å². The molecular weight excluding hydrogens is 302 g/mol. The summed E-state index contributed by atoms with van der Waals surface area (Å²) < 4.78 is 2.02. The summed E-state index contributed by atoms with van der Waals surface area (Å²) in [6.07, 6.45) is 9.16. The Morgan fingerprint density at radius 1 is 0.958 bits per heavy atom. The van der Waals surface area contributed by atoms with Gasteiger partial charge in [0.25, 0.3) is 5.91 Å². The number of hydrogen-bond acceptors (Lipinski definition) is 3. The standard InChI is InChI=1S/C18H19N5O/c24-18(15-3-5-16(6-4-15)21-11-1-2-12-21)22-13-7-17(8-14-22)23-19-9-10-20-23/h1-6,9-12,17H,7-8,13-14H2. The fourth-order valence-corrected chi connectivity index (χ4v) is 3.18. The van der Waals surface area contributed by atoms with Gasteiger partial charge in [-0.15, -0.1) is 0 Å². The maximum Gasteiger partial charge on any atom is 0.253 e. The van der Waals surface area contributed by atoms with Gasteiger partial charge in [-0.1, -0.05) is 0 Å². The largest absolute Gasteiger partial charge is 0.338 e. The minimum absolute atomic E-state index is 0.0981. The predicted octanol–water partition coefficient (Wildman–Crippen LogP) is 2.55. The summed E-state index contributed by atoms with van der Waals surface area (Å²) in [6, 6.07) is 12.0. The summed E-state index contributed by atoms with van der Waals surface area (Å²) in [4.78, 5) is 16.4.